The summed E-state index contributed by atoms with van der Waals surface area (Å²) < 4.78 is 1.91. The fourth-order valence-electron chi connectivity index (χ4n) is 3.10. The highest BCUT2D eigenvalue weighted by Gasteiger charge is 2.23. The van der Waals surface area contributed by atoms with Crippen molar-refractivity contribution in [2.24, 2.45) is 0 Å². The summed E-state index contributed by atoms with van der Waals surface area (Å²) in [5.41, 5.74) is 4.79. The van der Waals surface area contributed by atoms with E-state index in [9.17, 15) is 0 Å². The molecule has 0 radical (unpaired) electrons. The predicted molar refractivity (Wildman–Crippen MR) is 99.7 cm³/mol. The lowest BCUT2D eigenvalue weighted by Crippen LogP contribution is -2.05. The van der Waals surface area contributed by atoms with Gasteiger partial charge in [-0.15, -0.1) is 0 Å². The van der Waals surface area contributed by atoms with Gasteiger partial charge < -0.3 is 5.32 Å². The Kier molecular flexibility index (Phi) is 4.12. The van der Waals surface area contributed by atoms with Crippen molar-refractivity contribution in [2.75, 3.05) is 11.9 Å². The van der Waals surface area contributed by atoms with Crippen molar-refractivity contribution in [3.63, 3.8) is 0 Å². The van der Waals surface area contributed by atoms with Crippen LogP contribution in [0.15, 0.2) is 42.5 Å². The van der Waals surface area contributed by atoms with Crippen LogP contribution < -0.4 is 5.32 Å². The lowest BCUT2D eigenvalue weighted by atomic mass is 10.1. The third-order valence-electron chi connectivity index (χ3n) is 4.35. The molecule has 0 bridgehead atoms. The molecule has 0 unspecified atom stereocenters. The minimum absolute atomic E-state index is 0.628. The van der Waals surface area contributed by atoms with E-state index in [1.54, 1.807) is 18.2 Å². The van der Waals surface area contributed by atoms with Gasteiger partial charge in [0.05, 0.1) is 23.0 Å². The number of hydrogen-bond donors (Lipinski definition) is 1. The van der Waals surface area contributed by atoms with Gasteiger partial charge in [0, 0.05) is 28.6 Å². The zero-order valence-electron chi connectivity index (χ0n) is 13.3. The van der Waals surface area contributed by atoms with Gasteiger partial charge in [-0.3, -0.25) is 0 Å². The Balaban J connectivity index is 1.73. The number of nitrogens with one attached hydrogen (secondary N) is 1. The third-order valence-corrected chi connectivity index (χ3v) is 4.94. The summed E-state index contributed by atoms with van der Waals surface area (Å²) >= 11 is 12.3. The van der Waals surface area contributed by atoms with Crippen LogP contribution in [0.3, 0.4) is 0 Å². The summed E-state index contributed by atoms with van der Waals surface area (Å²) in [6.07, 6.45) is 1.59. The predicted octanol–water partition coefficient (Wildman–Crippen LogP) is 4.61. The fourth-order valence-corrected chi connectivity index (χ4v) is 3.57. The second-order valence-electron chi connectivity index (χ2n) is 5.93. The maximum Gasteiger partial charge on any atom is 0.133 e. The zero-order valence-corrected chi connectivity index (χ0v) is 14.8. The van der Waals surface area contributed by atoms with Crippen LogP contribution in [0.5, 0.6) is 0 Å². The largest absolute Gasteiger partial charge is 0.369 e. The highest BCUT2D eigenvalue weighted by molar-refractivity contribution is 6.35. The highest BCUT2D eigenvalue weighted by atomic mass is 35.5. The van der Waals surface area contributed by atoms with Crippen molar-refractivity contribution in [3.05, 3.63) is 74.9 Å². The second-order valence-corrected chi connectivity index (χ2v) is 6.78. The van der Waals surface area contributed by atoms with Crippen LogP contribution in [-0.4, -0.2) is 16.3 Å². The number of nitriles is 1. The Morgan fingerprint density at radius 3 is 2.68 bits per heavy atom. The van der Waals surface area contributed by atoms with E-state index in [0.717, 1.165) is 35.7 Å². The molecule has 1 aliphatic heterocycles. The number of fused-ring (bicyclic) bond motifs is 1. The molecule has 6 heteroatoms. The van der Waals surface area contributed by atoms with Gasteiger partial charge in [0.25, 0.3) is 0 Å². The van der Waals surface area contributed by atoms with E-state index in [-0.39, 0.29) is 0 Å². The van der Waals surface area contributed by atoms with E-state index in [2.05, 4.69) is 11.4 Å². The molecule has 0 saturated heterocycles. The first kappa shape index (κ1) is 16.0. The first-order valence-corrected chi connectivity index (χ1v) is 8.70. The molecular formula is C19H14Cl2N4. The molecule has 4 rings (SSSR count). The summed E-state index contributed by atoms with van der Waals surface area (Å²) in [5.74, 6) is 1.02. The molecule has 0 spiro atoms. The Bertz CT molecular complexity index is 984. The van der Waals surface area contributed by atoms with Crippen molar-refractivity contribution in [3.8, 4) is 11.8 Å². The van der Waals surface area contributed by atoms with Crippen LogP contribution in [-0.2, 0) is 12.8 Å². The van der Waals surface area contributed by atoms with Gasteiger partial charge in [0.15, 0.2) is 0 Å². The van der Waals surface area contributed by atoms with Gasteiger partial charge in [0.2, 0.25) is 0 Å². The molecule has 25 heavy (non-hydrogen) atoms. The molecule has 124 valence electrons. The average molecular weight is 369 g/mol. The third kappa shape index (κ3) is 2.97. The number of benzene rings is 2. The van der Waals surface area contributed by atoms with E-state index in [1.807, 2.05) is 28.9 Å². The van der Waals surface area contributed by atoms with E-state index < -0.39 is 0 Å². The van der Waals surface area contributed by atoms with Gasteiger partial charge in [-0.2, -0.15) is 10.4 Å². The monoisotopic (exact) mass is 368 g/mol. The molecule has 2 heterocycles. The Morgan fingerprint density at radius 2 is 1.96 bits per heavy atom. The Labute approximate surface area is 155 Å². The zero-order chi connectivity index (χ0) is 17.4. The minimum Gasteiger partial charge on any atom is -0.369 e. The Morgan fingerprint density at radius 1 is 1.16 bits per heavy atom. The first-order valence-electron chi connectivity index (χ1n) is 7.95. The van der Waals surface area contributed by atoms with Crippen LogP contribution in [0.1, 0.15) is 22.4 Å². The number of aromatic nitrogens is 2. The van der Waals surface area contributed by atoms with Crippen LogP contribution in [0.25, 0.3) is 5.69 Å². The van der Waals surface area contributed by atoms with Crippen molar-refractivity contribution < 1.29 is 0 Å². The van der Waals surface area contributed by atoms with Gasteiger partial charge in [-0.25, -0.2) is 4.68 Å². The van der Waals surface area contributed by atoms with Gasteiger partial charge >= 0.3 is 0 Å². The number of rotatable bonds is 3. The summed E-state index contributed by atoms with van der Waals surface area (Å²) in [6, 6.07) is 15.1. The number of halogens is 2. The number of anilines is 1. The SMILES string of the molecule is N#Cc1ccc(-n2nc(Cc3ccc(Cl)cc3Cl)c3c2NCC3)cc1. The van der Waals surface area contributed by atoms with E-state index >= 15 is 0 Å². The highest BCUT2D eigenvalue weighted by Crippen LogP contribution is 2.31. The number of nitrogens with zero attached hydrogens (tertiary/aromatic N) is 3. The van der Waals surface area contributed by atoms with Crippen molar-refractivity contribution in [1.29, 1.82) is 5.26 Å². The van der Waals surface area contributed by atoms with Crippen LogP contribution in [0.2, 0.25) is 10.0 Å². The van der Waals surface area contributed by atoms with E-state index in [4.69, 9.17) is 33.6 Å². The van der Waals surface area contributed by atoms with Crippen LogP contribution >= 0.6 is 23.2 Å². The maximum absolute atomic E-state index is 8.96. The minimum atomic E-state index is 0.628. The summed E-state index contributed by atoms with van der Waals surface area (Å²) in [7, 11) is 0. The molecule has 2 aromatic carbocycles. The molecule has 4 nitrogen and oxygen atoms in total. The standard InChI is InChI=1S/C19H14Cl2N4/c20-14-4-3-13(17(21)10-14)9-18-16-7-8-23-19(16)25(24-18)15-5-1-12(11-22)2-6-15/h1-6,10,23H,7-9H2. The van der Waals surface area contributed by atoms with Crippen LogP contribution in [0.4, 0.5) is 5.82 Å². The topological polar surface area (TPSA) is 53.6 Å². The van der Waals surface area contributed by atoms with Crippen LogP contribution in [0, 0.1) is 11.3 Å². The molecule has 0 fully saturated rings. The average Bonchev–Trinajstić information content (AvgIpc) is 3.21. The quantitative estimate of drug-likeness (QED) is 0.734. The molecule has 0 aliphatic carbocycles. The molecule has 0 atom stereocenters. The molecule has 3 aromatic rings. The lowest BCUT2D eigenvalue weighted by Gasteiger charge is -2.06. The maximum atomic E-state index is 8.96. The molecule has 1 N–H and O–H groups in total. The van der Waals surface area contributed by atoms with Gasteiger partial charge in [0.1, 0.15) is 5.82 Å². The molecule has 1 aliphatic rings. The van der Waals surface area contributed by atoms with Crippen molar-refractivity contribution in [2.45, 2.75) is 12.8 Å². The first-order chi connectivity index (χ1) is 12.2. The summed E-state index contributed by atoms with van der Waals surface area (Å²) in [6.45, 7) is 0.894. The van der Waals surface area contributed by atoms with E-state index in [1.165, 1.54) is 5.56 Å². The van der Waals surface area contributed by atoms with E-state index in [0.29, 0.717) is 22.0 Å². The molecule has 0 saturated carbocycles. The molecule has 0 amide bonds. The second kappa shape index (κ2) is 6.44. The van der Waals surface area contributed by atoms with Gasteiger partial charge in [-0.05, 0) is 48.4 Å². The number of hydrogen-bond acceptors (Lipinski definition) is 3. The smallest absolute Gasteiger partial charge is 0.133 e. The van der Waals surface area contributed by atoms with Crippen molar-refractivity contribution in [1.82, 2.24) is 9.78 Å². The summed E-state index contributed by atoms with van der Waals surface area (Å²) in [5, 5.41) is 18.4. The Hall–Kier alpha value is -2.48. The summed E-state index contributed by atoms with van der Waals surface area (Å²) in [4.78, 5) is 0. The normalized spacial score (nSPS) is 12.5. The lowest BCUT2D eigenvalue weighted by molar-refractivity contribution is 0.840. The molecule has 1 aromatic heterocycles. The molecular weight excluding hydrogens is 355 g/mol. The fraction of sp³-hybridized carbons (Fsp3) is 0.158. The van der Waals surface area contributed by atoms with Gasteiger partial charge in [-0.1, -0.05) is 29.3 Å². The van der Waals surface area contributed by atoms with Crippen molar-refractivity contribution >= 4 is 29.0 Å².